The lowest BCUT2D eigenvalue weighted by molar-refractivity contribution is -0.129. The van der Waals surface area contributed by atoms with Gasteiger partial charge in [0.05, 0.1) is 18.8 Å². The maximum Gasteiger partial charge on any atom is 0.265 e. The number of ether oxygens (including phenoxy) is 3. The Hall–Kier alpha value is -3.22. The topological polar surface area (TPSA) is 77.1 Å². The van der Waals surface area contributed by atoms with Gasteiger partial charge in [-0.25, -0.2) is 0 Å². The van der Waals surface area contributed by atoms with Gasteiger partial charge in [-0.3, -0.25) is 9.59 Å². The van der Waals surface area contributed by atoms with Crippen LogP contribution in [0.25, 0.3) is 0 Å². The number of benzene rings is 2. The van der Waals surface area contributed by atoms with Crippen LogP contribution in [0.15, 0.2) is 48.5 Å². The average Bonchev–Trinajstić information content (AvgIpc) is 2.81. The Kier molecular flexibility index (Phi) is 7.76. The minimum atomic E-state index is -0.782. The largest absolute Gasteiger partial charge is 0.490 e. The van der Waals surface area contributed by atoms with Crippen molar-refractivity contribution in [1.29, 1.82) is 0 Å². The molecule has 1 aliphatic rings. The third-order valence-electron chi connectivity index (χ3n) is 5.20. The summed E-state index contributed by atoms with van der Waals surface area (Å²) in [6, 6.07) is 14.5. The Morgan fingerprint density at radius 2 is 1.68 bits per heavy atom. The molecule has 0 bridgehead atoms. The second kappa shape index (κ2) is 10.7. The zero-order chi connectivity index (χ0) is 22.2. The zero-order valence-corrected chi connectivity index (χ0v) is 18.3. The molecule has 0 saturated carbocycles. The fraction of sp³-hybridized carbons (Fsp3) is 0.417. The molecule has 2 aromatic rings. The summed E-state index contributed by atoms with van der Waals surface area (Å²) in [5.74, 6) is 1.11. The lowest BCUT2D eigenvalue weighted by Gasteiger charge is -2.34. The third-order valence-corrected chi connectivity index (χ3v) is 5.20. The number of nitrogens with one attached hydrogen (secondary N) is 1. The predicted molar refractivity (Wildman–Crippen MR) is 119 cm³/mol. The van der Waals surface area contributed by atoms with E-state index in [2.05, 4.69) is 5.32 Å². The lowest BCUT2D eigenvalue weighted by atomic mass is 10.1. The molecule has 0 saturated heterocycles. The predicted octanol–water partition coefficient (Wildman–Crippen LogP) is 3.56. The van der Waals surface area contributed by atoms with Gasteiger partial charge in [0, 0.05) is 6.04 Å². The summed E-state index contributed by atoms with van der Waals surface area (Å²) < 4.78 is 17.2. The molecule has 1 heterocycles. The Labute approximate surface area is 183 Å². The Balaban J connectivity index is 1.74. The molecule has 3 rings (SSSR count). The molecule has 0 radical (unpaired) electrons. The van der Waals surface area contributed by atoms with Gasteiger partial charge in [0.1, 0.15) is 5.75 Å². The molecule has 1 N–H and O–H groups in total. The number of carbonyl (C=O) groups is 2. The smallest absolute Gasteiger partial charge is 0.265 e. The number of fused-ring (bicyclic) bond motifs is 1. The summed E-state index contributed by atoms with van der Waals surface area (Å²) in [6.45, 7) is 6.38. The number of rotatable bonds is 9. The fourth-order valence-electron chi connectivity index (χ4n) is 3.46. The number of hydrogen-bond donors (Lipinski definition) is 1. The molecular formula is C24H30N2O5. The van der Waals surface area contributed by atoms with Gasteiger partial charge in [0.25, 0.3) is 11.8 Å². The van der Waals surface area contributed by atoms with Crippen molar-refractivity contribution in [3.8, 4) is 17.2 Å². The minimum absolute atomic E-state index is 0.0795. The number of hydrogen-bond acceptors (Lipinski definition) is 5. The van der Waals surface area contributed by atoms with Crippen molar-refractivity contribution in [1.82, 2.24) is 5.32 Å². The highest BCUT2D eigenvalue weighted by Gasteiger charge is 2.34. The van der Waals surface area contributed by atoms with Crippen molar-refractivity contribution in [3.63, 3.8) is 0 Å². The molecule has 0 fully saturated rings. The van der Waals surface area contributed by atoms with E-state index in [9.17, 15) is 9.59 Å². The molecule has 1 atom stereocenters. The highest BCUT2D eigenvalue weighted by molar-refractivity contribution is 5.98. The summed E-state index contributed by atoms with van der Waals surface area (Å²) in [5.41, 5.74) is 0.626. The van der Waals surface area contributed by atoms with Crippen LogP contribution < -0.4 is 24.4 Å². The van der Waals surface area contributed by atoms with E-state index in [4.69, 9.17) is 14.2 Å². The Morgan fingerprint density at radius 3 is 2.35 bits per heavy atom. The van der Waals surface area contributed by atoms with E-state index in [-0.39, 0.29) is 31.0 Å². The maximum absolute atomic E-state index is 13.1. The van der Waals surface area contributed by atoms with Gasteiger partial charge in [0.15, 0.2) is 24.2 Å². The van der Waals surface area contributed by atoms with Crippen molar-refractivity contribution in [2.75, 3.05) is 24.7 Å². The van der Waals surface area contributed by atoms with Gasteiger partial charge < -0.3 is 24.4 Å². The summed E-state index contributed by atoms with van der Waals surface area (Å²) >= 11 is 0. The summed E-state index contributed by atoms with van der Waals surface area (Å²) in [6.07, 6.45) is 0.887. The molecule has 0 spiro atoms. The van der Waals surface area contributed by atoms with Crippen molar-refractivity contribution in [3.05, 3.63) is 48.5 Å². The van der Waals surface area contributed by atoms with Crippen LogP contribution in [-0.4, -0.2) is 43.7 Å². The molecule has 1 aliphatic heterocycles. The standard InChI is InChI=1S/C24H30N2O5/c1-4-17(5-2)25-24(28)22-15-26(18-11-7-8-12-19(18)31-22)23(27)16-30-21-14-10-9-13-20(21)29-6-3/h7-14,17,22H,4-6,15-16H2,1-3H3,(H,25,28). The molecule has 2 amide bonds. The van der Waals surface area contributed by atoms with Crippen LogP contribution in [0, 0.1) is 0 Å². The van der Waals surface area contributed by atoms with Crippen molar-refractivity contribution in [2.24, 2.45) is 0 Å². The van der Waals surface area contributed by atoms with Gasteiger partial charge in [-0.2, -0.15) is 0 Å². The lowest BCUT2D eigenvalue weighted by Crippen LogP contribution is -2.53. The highest BCUT2D eigenvalue weighted by Crippen LogP contribution is 2.33. The number of amides is 2. The van der Waals surface area contributed by atoms with Crippen molar-refractivity contribution < 1.29 is 23.8 Å². The number of nitrogens with zero attached hydrogens (tertiary/aromatic N) is 1. The zero-order valence-electron chi connectivity index (χ0n) is 18.3. The average molecular weight is 427 g/mol. The molecule has 166 valence electrons. The molecule has 0 aliphatic carbocycles. The summed E-state index contributed by atoms with van der Waals surface area (Å²) in [7, 11) is 0. The second-order valence-corrected chi connectivity index (χ2v) is 7.27. The molecule has 2 aromatic carbocycles. The van der Waals surface area contributed by atoms with Crippen LogP contribution in [0.3, 0.4) is 0 Å². The first-order chi connectivity index (χ1) is 15.1. The van der Waals surface area contributed by atoms with E-state index in [1.54, 1.807) is 29.2 Å². The van der Waals surface area contributed by atoms with Gasteiger partial charge in [0.2, 0.25) is 0 Å². The fourth-order valence-corrected chi connectivity index (χ4v) is 3.46. The first-order valence-corrected chi connectivity index (χ1v) is 10.8. The van der Waals surface area contributed by atoms with Crippen molar-refractivity contribution >= 4 is 17.5 Å². The van der Waals surface area contributed by atoms with E-state index in [0.717, 1.165) is 12.8 Å². The molecule has 7 nitrogen and oxygen atoms in total. The van der Waals surface area contributed by atoms with Gasteiger partial charge in [-0.1, -0.05) is 38.1 Å². The molecule has 7 heteroatoms. The summed E-state index contributed by atoms with van der Waals surface area (Å²) in [5, 5.41) is 3.01. The number of para-hydroxylation sites is 4. The monoisotopic (exact) mass is 426 g/mol. The van der Waals surface area contributed by atoms with Crippen LogP contribution >= 0.6 is 0 Å². The van der Waals surface area contributed by atoms with Gasteiger partial charge in [-0.05, 0) is 44.0 Å². The third kappa shape index (κ3) is 5.48. The highest BCUT2D eigenvalue weighted by atomic mass is 16.5. The van der Waals surface area contributed by atoms with Crippen LogP contribution in [0.1, 0.15) is 33.6 Å². The SMILES string of the molecule is CCOc1ccccc1OCC(=O)N1CC(C(=O)NC(CC)CC)Oc2ccccc21. The maximum atomic E-state index is 13.1. The Bertz CT molecular complexity index is 897. The van der Waals surface area contributed by atoms with Gasteiger partial charge >= 0.3 is 0 Å². The van der Waals surface area contributed by atoms with E-state index in [1.807, 2.05) is 45.0 Å². The Morgan fingerprint density at radius 1 is 1.03 bits per heavy atom. The molecule has 0 aromatic heterocycles. The van der Waals surface area contributed by atoms with Crippen LogP contribution in [0.5, 0.6) is 17.2 Å². The number of carbonyl (C=O) groups excluding carboxylic acids is 2. The summed E-state index contributed by atoms with van der Waals surface area (Å²) in [4.78, 5) is 27.4. The minimum Gasteiger partial charge on any atom is -0.490 e. The van der Waals surface area contributed by atoms with Crippen LogP contribution in [-0.2, 0) is 9.59 Å². The van der Waals surface area contributed by atoms with E-state index < -0.39 is 6.10 Å². The quantitative estimate of drug-likeness (QED) is 0.663. The van der Waals surface area contributed by atoms with Gasteiger partial charge in [-0.15, -0.1) is 0 Å². The first kappa shape index (κ1) is 22.5. The normalized spacial score (nSPS) is 15.1. The van der Waals surface area contributed by atoms with E-state index in [0.29, 0.717) is 29.5 Å². The molecular weight excluding hydrogens is 396 g/mol. The van der Waals surface area contributed by atoms with Crippen molar-refractivity contribution in [2.45, 2.75) is 45.8 Å². The first-order valence-electron chi connectivity index (χ1n) is 10.8. The molecule has 1 unspecified atom stereocenters. The van der Waals surface area contributed by atoms with Crippen LogP contribution in [0.4, 0.5) is 5.69 Å². The second-order valence-electron chi connectivity index (χ2n) is 7.27. The van der Waals surface area contributed by atoms with Crippen LogP contribution in [0.2, 0.25) is 0 Å². The molecule has 31 heavy (non-hydrogen) atoms. The van der Waals surface area contributed by atoms with E-state index >= 15 is 0 Å². The van der Waals surface area contributed by atoms with E-state index in [1.165, 1.54) is 0 Å². The number of anilines is 1.